The molecule has 5 aromatic rings. The van der Waals surface area contributed by atoms with Crippen LogP contribution in [0, 0.1) is 0 Å². The van der Waals surface area contributed by atoms with E-state index in [1.54, 1.807) is 0 Å². The molecule has 0 spiro atoms. The van der Waals surface area contributed by atoms with Crippen molar-refractivity contribution in [2.45, 2.75) is 38.8 Å². The summed E-state index contributed by atoms with van der Waals surface area (Å²) in [5.41, 5.74) is 12.1. The number of hydrogen-bond acceptors (Lipinski definition) is 0. The van der Waals surface area contributed by atoms with Gasteiger partial charge in [0.15, 0.2) is 12.4 Å². The van der Waals surface area contributed by atoms with Gasteiger partial charge in [-0.15, -0.1) is 0 Å². The second-order valence-electron chi connectivity index (χ2n) is 9.80. The number of aromatic nitrogens is 3. The van der Waals surface area contributed by atoms with Crippen LogP contribution < -0.4 is 9.13 Å². The summed E-state index contributed by atoms with van der Waals surface area (Å²) >= 11 is 0. The van der Waals surface area contributed by atoms with Gasteiger partial charge in [-0.05, 0) is 59.2 Å². The minimum absolute atomic E-state index is 1.06. The van der Waals surface area contributed by atoms with E-state index >= 15 is 0 Å². The van der Waals surface area contributed by atoms with Crippen LogP contribution in [0.3, 0.4) is 0 Å². The smallest absolute Gasteiger partial charge is 0.214 e. The molecule has 0 bridgehead atoms. The minimum Gasteiger partial charge on any atom is -0.355 e. The SMILES string of the molecule is C(=C\c1cc2ccccc2[nH]1)/c1cc[n+]2c(c1)-c1c(ccc3c1-c1cccc[n+]1CCC3)CCC2. The number of nitrogens with zero attached hydrogens (tertiary/aromatic N) is 2. The molecule has 0 amide bonds. The number of para-hydroxylation sites is 1. The average molecular weight is 456 g/mol. The van der Waals surface area contributed by atoms with Crippen molar-refractivity contribution in [3.8, 4) is 22.5 Å². The van der Waals surface area contributed by atoms with E-state index in [2.05, 4.69) is 111 Å². The summed E-state index contributed by atoms with van der Waals surface area (Å²) in [5, 5.41) is 1.25. The molecule has 2 aliphatic heterocycles. The molecule has 3 heteroatoms. The number of benzene rings is 2. The fraction of sp³-hybridized carbons (Fsp3) is 0.188. The number of aryl methyl sites for hydroxylation is 4. The summed E-state index contributed by atoms with van der Waals surface area (Å²) in [7, 11) is 0. The number of rotatable bonds is 2. The lowest BCUT2D eigenvalue weighted by Gasteiger charge is -2.13. The maximum absolute atomic E-state index is 3.52. The van der Waals surface area contributed by atoms with Gasteiger partial charge in [0.05, 0.1) is 11.1 Å². The van der Waals surface area contributed by atoms with Crippen molar-refractivity contribution in [3.05, 3.63) is 108 Å². The van der Waals surface area contributed by atoms with Crippen LogP contribution in [0.2, 0.25) is 0 Å². The normalized spacial score (nSPS) is 14.6. The molecule has 7 rings (SSSR count). The maximum Gasteiger partial charge on any atom is 0.214 e. The summed E-state index contributed by atoms with van der Waals surface area (Å²) < 4.78 is 4.91. The van der Waals surface area contributed by atoms with E-state index in [9.17, 15) is 0 Å². The molecule has 0 saturated heterocycles. The standard InChI is InChI=1S/C32H28N3/c1-2-10-28-26(7-1)22-27(33-28)15-12-23-16-20-35-19-6-9-25-14-13-24-8-5-18-34-17-4-3-11-29(34)31(24)32(25)30(35)21-23/h1-4,7,10-17,20-22H,5-6,8-9,18-19H2/q+1/p+1. The molecule has 35 heavy (non-hydrogen) atoms. The molecular formula is C32H29N3+2. The quantitative estimate of drug-likeness (QED) is 0.309. The molecule has 2 aliphatic rings. The third-order valence-electron chi connectivity index (χ3n) is 7.59. The number of H-pyrrole nitrogens is 1. The Balaban J connectivity index is 1.38. The second-order valence-corrected chi connectivity index (χ2v) is 9.80. The zero-order valence-corrected chi connectivity index (χ0v) is 19.9. The minimum atomic E-state index is 1.06. The van der Waals surface area contributed by atoms with Gasteiger partial charge < -0.3 is 4.98 Å². The molecular weight excluding hydrogens is 426 g/mol. The predicted molar refractivity (Wildman–Crippen MR) is 142 cm³/mol. The highest BCUT2D eigenvalue weighted by atomic mass is 15.0. The summed E-state index contributed by atoms with van der Waals surface area (Å²) in [6.07, 6.45) is 13.6. The van der Waals surface area contributed by atoms with Crippen molar-refractivity contribution in [3.63, 3.8) is 0 Å². The summed E-state index contributed by atoms with van der Waals surface area (Å²) in [6, 6.07) is 26.7. The monoisotopic (exact) mass is 455 g/mol. The van der Waals surface area contributed by atoms with E-state index in [0.29, 0.717) is 0 Å². The Bertz CT molecular complexity index is 1570. The highest BCUT2D eigenvalue weighted by Gasteiger charge is 2.31. The van der Waals surface area contributed by atoms with Gasteiger partial charge in [-0.3, -0.25) is 0 Å². The Kier molecular flexibility index (Phi) is 4.87. The predicted octanol–water partition coefficient (Wildman–Crippen LogP) is 6.14. The molecule has 3 aromatic heterocycles. The van der Waals surface area contributed by atoms with Crippen molar-refractivity contribution in [1.82, 2.24) is 4.98 Å². The number of hydrogen-bond donors (Lipinski definition) is 1. The number of pyridine rings is 2. The third kappa shape index (κ3) is 3.59. The van der Waals surface area contributed by atoms with Gasteiger partial charge in [-0.1, -0.05) is 36.4 Å². The molecule has 1 N–H and O–H groups in total. The van der Waals surface area contributed by atoms with Crippen molar-refractivity contribution < 1.29 is 9.13 Å². The summed E-state index contributed by atoms with van der Waals surface area (Å²) in [5.74, 6) is 0. The first-order chi connectivity index (χ1) is 17.3. The van der Waals surface area contributed by atoms with E-state index in [4.69, 9.17) is 0 Å². The highest BCUT2D eigenvalue weighted by Crippen LogP contribution is 2.38. The van der Waals surface area contributed by atoms with Gasteiger partial charge >= 0.3 is 0 Å². The molecule has 5 heterocycles. The number of nitrogens with one attached hydrogen (secondary N) is 1. The van der Waals surface area contributed by atoms with Crippen molar-refractivity contribution in [1.29, 1.82) is 0 Å². The van der Waals surface area contributed by atoms with Crippen LogP contribution in [0.1, 0.15) is 35.2 Å². The molecule has 2 aromatic carbocycles. The first kappa shape index (κ1) is 20.4. The Labute approximate surface area is 206 Å². The van der Waals surface area contributed by atoms with Gasteiger partial charge in [0.25, 0.3) is 0 Å². The highest BCUT2D eigenvalue weighted by molar-refractivity contribution is 5.86. The van der Waals surface area contributed by atoms with Crippen LogP contribution in [0.4, 0.5) is 0 Å². The molecule has 0 aliphatic carbocycles. The van der Waals surface area contributed by atoms with E-state index in [1.807, 2.05) is 0 Å². The lowest BCUT2D eigenvalue weighted by molar-refractivity contribution is -0.687. The Hall–Kier alpha value is -3.98. The Morgan fingerprint density at radius 1 is 0.657 bits per heavy atom. The molecule has 3 nitrogen and oxygen atoms in total. The first-order valence-electron chi connectivity index (χ1n) is 12.8. The van der Waals surface area contributed by atoms with E-state index in [0.717, 1.165) is 31.6 Å². The van der Waals surface area contributed by atoms with Gasteiger partial charge in [0, 0.05) is 48.3 Å². The van der Waals surface area contributed by atoms with Crippen molar-refractivity contribution >= 4 is 23.1 Å². The van der Waals surface area contributed by atoms with E-state index < -0.39 is 0 Å². The maximum atomic E-state index is 3.52. The molecule has 0 unspecified atom stereocenters. The van der Waals surface area contributed by atoms with Crippen LogP contribution in [0.5, 0.6) is 0 Å². The Morgan fingerprint density at radius 2 is 1.40 bits per heavy atom. The van der Waals surface area contributed by atoms with Crippen LogP contribution in [-0.2, 0) is 25.9 Å². The van der Waals surface area contributed by atoms with Crippen LogP contribution in [-0.4, -0.2) is 4.98 Å². The van der Waals surface area contributed by atoms with Gasteiger partial charge in [0.2, 0.25) is 11.4 Å². The van der Waals surface area contributed by atoms with Crippen molar-refractivity contribution in [2.75, 3.05) is 0 Å². The average Bonchev–Trinajstić information content (AvgIpc) is 3.10. The van der Waals surface area contributed by atoms with E-state index in [-0.39, 0.29) is 0 Å². The van der Waals surface area contributed by atoms with Gasteiger partial charge in [-0.2, -0.15) is 9.13 Å². The number of aromatic amines is 1. The van der Waals surface area contributed by atoms with Gasteiger partial charge in [0.1, 0.15) is 13.1 Å². The molecule has 0 saturated carbocycles. The lowest BCUT2D eigenvalue weighted by atomic mass is 9.88. The molecule has 170 valence electrons. The van der Waals surface area contributed by atoms with Crippen LogP contribution in [0.15, 0.2) is 85.2 Å². The fourth-order valence-electron chi connectivity index (χ4n) is 5.90. The second kappa shape index (κ2) is 8.35. The largest absolute Gasteiger partial charge is 0.355 e. The first-order valence-corrected chi connectivity index (χ1v) is 12.8. The van der Waals surface area contributed by atoms with Gasteiger partial charge in [-0.25, -0.2) is 0 Å². The molecule has 0 fully saturated rings. The van der Waals surface area contributed by atoms with Crippen molar-refractivity contribution in [2.24, 2.45) is 0 Å². The molecule has 0 atom stereocenters. The fourth-order valence-corrected chi connectivity index (χ4v) is 5.90. The number of fused-ring (bicyclic) bond motifs is 8. The lowest BCUT2D eigenvalue weighted by Crippen LogP contribution is -2.36. The molecule has 0 radical (unpaired) electrons. The van der Waals surface area contributed by atoms with Crippen LogP contribution in [0.25, 0.3) is 45.6 Å². The summed E-state index contributed by atoms with van der Waals surface area (Å²) in [4.78, 5) is 3.52. The Morgan fingerprint density at radius 3 is 2.23 bits per heavy atom. The van der Waals surface area contributed by atoms with Crippen LogP contribution >= 0.6 is 0 Å². The third-order valence-corrected chi connectivity index (χ3v) is 7.59. The summed E-state index contributed by atoms with van der Waals surface area (Å²) in [6.45, 7) is 2.13. The van der Waals surface area contributed by atoms with E-state index in [1.165, 1.54) is 62.9 Å². The topological polar surface area (TPSA) is 23.5 Å². The zero-order chi connectivity index (χ0) is 23.2. The zero-order valence-electron chi connectivity index (χ0n) is 19.9.